The molecule has 1 aliphatic rings. The van der Waals surface area contributed by atoms with Crippen LogP contribution in [0.5, 0.6) is 0 Å². The molecule has 1 saturated heterocycles. The van der Waals surface area contributed by atoms with Crippen LogP contribution >= 0.6 is 0 Å². The first kappa shape index (κ1) is 12.8. The Morgan fingerprint density at radius 3 is 2.50 bits per heavy atom. The van der Waals surface area contributed by atoms with E-state index in [1.165, 1.54) is 4.90 Å². The molecule has 1 aliphatic heterocycles. The summed E-state index contributed by atoms with van der Waals surface area (Å²) >= 11 is 0. The molecular formula is C10H18N2O4. The molecule has 1 N–H and O–H groups in total. The SMILES string of the molecule is CCCN(CC(=O)O)C(=O)N1CCOCC1. The summed E-state index contributed by atoms with van der Waals surface area (Å²) < 4.78 is 5.14. The van der Waals surface area contributed by atoms with Gasteiger partial charge in [0.05, 0.1) is 13.2 Å². The Kier molecular flexibility index (Phi) is 5.04. The normalized spacial score (nSPS) is 15.9. The zero-order valence-corrected chi connectivity index (χ0v) is 9.52. The van der Waals surface area contributed by atoms with Gasteiger partial charge in [-0.25, -0.2) is 4.79 Å². The van der Waals surface area contributed by atoms with Crippen molar-refractivity contribution in [2.45, 2.75) is 13.3 Å². The number of hydrogen-bond donors (Lipinski definition) is 1. The first-order valence-electron chi connectivity index (χ1n) is 5.48. The number of carbonyl (C=O) groups is 2. The molecule has 0 atom stereocenters. The second kappa shape index (κ2) is 6.32. The Labute approximate surface area is 94.8 Å². The fourth-order valence-corrected chi connectivity index (χ4v) is 1.63. The molecule has 6 heteroatoms. The third kappa shape index (κ3) is 3.69. The number of rotatable bonds is 4. The number of morpholine rings is 1. The first-order chi connectivity index (χ1) is 7.65. The highest BCUT2D eigenvalue weighted by Gasteiger charge is 2.23. The summed E-state index contributed by atoms with van der Waals surface area (Å²) in [6, 6.07) is -0.201. The maximum atomic E-state index is 12.0. The van der Waals surface area contributed by atoms with E-state index in [9.17, 15) is 9.59 Å². The van der Waals surface area contributed by atoms with Gasteiger partial charge in [-0.15, -0.1) is 0 Å². The van der Waals surface area contributed by atoms with E-state index in [1.54, 1.807) is 4.90 Å². The molecular weight excluding hydrogens is 212 g/mol. The summed E-state index contributed by atoms with van der Waals surface area (Å²) in [6.07, 6.45) is 0.753. The largest absolute Gasteiger partial charge is 0.480 e. The highest BCUT2D eigenvalue weighted by Crippen LogP contribution is 2.04. The molecule has 6 nitrogen and oxygen atoms in total. The van der Waals surface area contributed by atoms with Crippen LogP contribution in [-0.2, 0) is 9.53 Å². The second-order valence-electron chi connectivity index (χ2n) is 3.70. The smallest absolute Gasteiger partial charge is 0.323 e. The molecule has 16 heavy (non-hydrogen) atoms. The van der Waals surface area contributed by atoms with Crippen LogP contribution in [0.25, 0.3) is 0 Å². The average molecular weight is 230 g/mol. The fourth-order valence-electron chi connectivity index (χ4n) is 1.63. The van der Waals surface area contributed by atoms with Crippen LogP contribution in [0.15, 0.2) is 0 Å². The molecule has 0 unspecified atom stereocenters. The van der Waals surface area contributed by atoms with Crippen molar-refractivity contribution >= 4 is 12.0 Å². The number of amides is 2. The Balaban J connectivity index is 2.54. The minimum absolute atomic E-state index is 0.201. The number of nitrogens with zero attached hydrogens (tertiary/aromatic N) is 2. The lowest BCUT2D eigenvalue weighted by molar-refractivity contribution is -0.137. The Bertz CT molecular complexity index is 251. The lowest BCUT2D eigenvalue weighted by Crippen LogP contribution is -2.49. The monoisotopic (exact) mass is 230 g/mol. The van der Waals surface area contributed by atoms with E-state index < -0.39 is 5.97 Å². The van der Waals surface area contributed by atoms with Crippen molar-refractivity contribution in [3.63, 3.8) is 0 Å². The summed E-state index contributed by atoms with van der Waals surface area (Å²) in [5.74, 6) is -0.977. The predicted octanol–water partition coefficient (Wildman–Crippen LogP) is 0.235. The van der Waals surface area contributed by atoms with Gasteiger partial charge in [-0.05, 0) is 6.42 Å². The number of aliphatic carboxylic acids is 1. The number of ether oxygens (including phenoxy) is 1. The molecule has 92 valence electrons. The van der Waals surface area contributed by atoms with Crippen molar-refractivity contribution in [2.75, 3.05) is 39.4 Å². The molecule has 1 rings (SSSR count). The number of carboxylic acid groups (broad SMARTS) is 1. The van der Waals surface area contributed by atoms with Crippen LogP contribution in [0.4, 0.5) is 4.79 Å². The van der Waals surface area contributed by atoms with Gasteiger partial charge < -0.3 is 19.6 Å². The zero-order chi connectivity index (χ0) is 12.0. The minimum atomic E-state index is -0.977. The summed E-state index contributed by atoms with van der Waals surface area (Å²) in [6.45, 7) is 4.29. The molecule has 1 heterocycles. The second-order valence-corrected chi connectivity index (χ2v) is 3.70. The molecule has 0 aromatic carbocycles. The van der Waals surface area contributed by atoms with E-state index in [-0.39, 0.29) is 12.6 Å². The Morgan fingerprint density at radius 2 is 2.00 bits per heavy atom. The van der Waals surface area contributed by atoms with Gasteiger partial charge in [-0.2, -0.15) is 0 Å². The highest BCUT2D eigenvalue weighted by molar-refractivity contribution is 5.80. The highest BCUT2D eigenvalue weighted by atomic mass is 16.5. The third-order valence-corrected chi connectivity index (χ3v) is 2.37. The van der Waals surface area contributed by atoms with E-state index in [2.05, 4.69) is 0 Å². The van der Waals surface area contributed by atoms with Gasteiger partial charge in [0.25, 0.3) is 0 Å². The van der Waals surface area contributed by atoms with Crippen molar-refractivity contribution in [3.8, 4) is 0 Å². The lowest BCUT2D eigenvalue weighted by atomic mass is 10.4. The zero-order valence-electron chi connectivity index (χ0n) is 9.52. The van der Waals surface area contributed by atoms with Crippen molar-refractivity contribution in [2.24, 2.45) is 0 Å². The number of carbonyl (C=O) groups excluding carboxylic acids is 1. The van der Waals surface area contributed by atoms with Gasteiger partial charge in [0, 0.05) is 19.6 Å². The van der Waals surface area contributed by atoms with Crippen molar-refractivity contribution < 1.29 is 19.4 Å². The van der Waals surface area contributed by atoms with E-state index in [0.717, 1.165) is 6.42 Å². The number of urea groups is 1. The maximum absolute atomic E-state index is 12.0. The van der Waals surface area contributed by atoms with Crippen molar-refractivity contribution in [3.05, 3.63) is 0 Å². The van der Waals surface area contributed by atoms with Crippen LogP contribution in [0.2, 0.25) is 0 Å². The quantitative estimate of drug-likeness (QED) is 0.750. The molecule has 0 bridgehead atoms. The van der Waals surface area contributed by atoms with Gasteiger partial charge in [0.1, 0.15) is 6.54 Å². The summed E-state index contributed by atoms with van der Waals surface area (Å²) in [7, 11) is 0. The molecule has 0 radical (unpaired) electrons. The molecule has 0 spiro atoms. The molecule has 1 fully saturated rings. The van der Waals surface area contributed by atoms with E-state index in [0.29, 0.717) is 32.8 Å². The summed E-state index contributed by atoms with van der Waals surface area (Å²) in [4.78, 5) is 25.6. The van der Waals surface area contributed by atoms with Crippen LogP contribution in [0.1, 0.15) is 13.3 Å². The summed E-state index contributed by atoms with van der Waals surface area (Å²) in [5, 5.41) is 8.72. The molecule has 2 amide bonds. The van der Waals surface area contributed by atoms with Gasteiger partial charge in [-0.1, -0.05) is 6.92 Å². The fraction of sp³-hybridized carbons (Fsp3) is 0.800. The molecule has 0 saturated carbocycles. The van der Waals surface area contributed by atoms with Crippen LogP contribution in [0, 0.1) is 0 Å². The van der Waals surface area contributed by atoms with Gasteiger partial charge >= 0.3 is 12.0 Å². The van der Waals surface area contributed by atoms with E-state index in [4.69, 9.17) is 9.84 Å². The molecule has 0 aromatic rings. The average Bonchev–Trinajstić information content (AvgIpc) is 2.28. The molecule has 0 aliphatic carbocycles. The Hall–Kier alpha value is -1.30. The maximum Gasteiger partial charge on any atom is 0.323 e. The third-order valence-electron chi connectivity index (χ3n) is 2.37. The number of carboxylic acids is 1. The van der Waals surface area contributed by atoms with E-state index >= 15 is 0 Å². The van der Waals surface area contributed by atoms with Crippen LogP contribution < -0.4 is 0 Å². The predicted molar refractivity (Wildman–Crippen MR) is 57.3 cm³/mol. The Morgan fingerprint density at radius 1 is 1.38 bits per heavy atom. The van der Waals surface area contributed by atoms with Crippen LogP contribution in [-0.4, -0.2) is 66.3 Å². The van der Waals surface area contributed by atoms with Gasteiger partial charge in [-0.3, -0.25) is 4.79 Å². The van der Waals surface area contributed by atoms with Crippen LogP contribution in [0.3, 0.4) is 0 Å². The van der Waals surface area contributed by atoms with Crippen molar-refractivity contribution in [1.29, 1.82) is 0 Å². The minimum Gasteiger partial charge on any atom is -0.480 e. The first-order valence-corrected chi connectivity index (χ1v) is 5.48. The number of hydrogen-bond acceptors (Lipinski definition) is 3. The van der Waals surface area contributed by atoms with Crippen molar-refractivity contribution in [1.82, 2.24) is 9.80 Å². The summed E-state index contributed by atoms with van der Waals surface area (Å²) in [5.41, 5.74) is 0. The van der Waals surface area contributed by atoms with Gasteiger partial charge in [0.15, 0.2) is 0 Å². The topological polar surface area (TPSA) is 70.1 Å². The lowest BCUT2D eigenvalue weighted by Gasteiger charge is -2.32. The molecule has 0 aromatic heterocycles. The van der Waals surface area contributed by atoms with E-state index in [1.807, 2.05) is 6.92 Å². The van der Waals surface area contributed by atoms with Gasteiger partial charge in [0.2, 0.25) is 0 Å². The standard InChI is InChI=1S/C10H18N2O4/c1-2-3-12(8-9(13)14)10(15)11-4-6-16-7-5-11/h2-8H2,1H3,(H,13,14).